The molecule has 134 valence electrons. The van der Waals surface area contributed by atoms with Gasteiger partial charge in [-0.25, -0.2) is 0 Å². The number of piperazine rings is 1. The molecule has 1 aliphatic rings. The van der Waals surface area contributed by atoms with E-state index in [1.807, 2.05) is 18.2 Å². The zero-order valence-electron chi connectivity index (χ0n) is 15.1. The van der Waals surface area contributed by atoms with Crippen LogP contribution in [-0.4, -0.2) is 55.0 Å². The van der Waals surface area contributed by atoms with Gasteiger partial charge in [0.1, 0.15) is 5.75 Å². The minimum Gasteiger partial charge on any atom is -0.495 e. The molecular formula is C18H26N6O. The van der Waals surface area contributed by atoms with Gasteiger partial charge in [0.05, 0.1) is 19.0 Å². The van der Waals surface area contributed by atoms with E-state index in [9.17, 15) is 0 Å². The first kappa shape index (κ1) is 17.3. The summed E-state index contributed by atoms with van der Waals surface area (Å²) < 4.78 is 5.48. The molecule has 0 aliphatic carbocycles. The molecule has 0 atom stereocenters. The first-order valence-electron chi connectivity index (χ1n) is 8.74. The highest BCUT2D eigenvalue weighted by Crippen LogP contribution is 2.28. The van der Waals surface area contributed by atoms with E-state index in [2.05, 4.69) is 50.2 Å². The van der Waals surface area contributed by atoms with E-state index >= 15 is 0 Å². The Morgan fingerprint density at radius 2 is 1.84 bits per heavy atom. The van der Waals surface area contributed by atoms with Gasteiger partial charge in [-0.1, -0.05) is 26.0 Å². The van der Waals surface area contributed by atoms with Gasteiger partial charge in [-0.05, 0) is 18.1 Å². The van der Waals surface area contributed by atoms with Crippen LogP contribution in [0, 0.1) is 5.92 Å². The monoisotopic (exact) mass is 342 g/mol. The second-order valence-corrected chi connectivity index (χ2v) is 6.56. The van der Waals surface area contributed by atoms with E-state index < -0.39 is 0 Å². The van der Waals surface area contributed by atoms with Crippen LogP contribution in [0.4, 0.5) is 17.5 Å². The Morgan fingerprint density at radius 1 is 1.12 bits per heavy atom. The molecule has 1 aromatic heterocycles. The van der Waals surface area contributed by atoms with Gasteiger partial charge in [0.25, 0.3) is 0 Å². The number of nitrogens with zero attached hydrogens (tertiary/aromatic N) is 5. The number of rotatable bonds is 6. The quantitative estimate of drug-likeness (QED) is 0.864. The first-order chi connectivity index (χ1) is 12.2. The number of hydrogen-bond acceptors (Lipinski definition) is 7. The summed E-state index contributed by atoms with van der Waals surface area (Å²) in [6.45, 7) is 8.76. The Hall–Kier alpha value is -2.57. The predicted molar refractivity (Wildman–Crippen MR) is 101 cm³/mol. The maximum absolute atomic E-state index is 5.48. The summed E-state index contributed by atoms with van der Waals surface area (Å²) in [5, 5.41) is 11.4. The molecule has 1 fully saturated rings. The van der Waals surface area contributed by atoms with Crippen LogP contribution in [0.1, 0.15) is 13.8 Å². The second kappa shape index (κ2) is 8.00. The lowest BCUT2D eigenvalue weighted by Gasteiger charge is -2.37. The molecule has 7 nitrogen and oxygen atoms in total. The van der Waals surface area contributed by atoms with Gasteiger partial charge < -0.3 is 19.9 Å². The van der Waals surface area contributed by atoms with Crippen LogP contribution in [0.3, 0.4) is 0 Å². The van der Waals surface area contributed by atoms with Crippen LogP contribution in [0.25, 0.3) is 0 Å². The van der Waals surface area contributed by atoms with Crippen LogP contribution >= 0.6 is 0 Å². The van der Waals surface area contributed by atoms with Crippen molar-refractivity contribution in [1.82, 2.24) is 15.2 Å². The third kappa shape index (κ3) is 4.29. The van der Waals surface area contributed by atoms with Crippen molar-refractivity contribution in [3.8, 4) is 5.75 Å². The van der Waals surface area contributed by atoms with Crippen molar-refractivity contribution < 1.29 is 4.74 Å². The number of ether oxygens (including phenoxy) is 1. The molecule has 1 N–H and O–H groups in total. The highest BCUT2D eigenvalue weighted by molar-refractivity contribution is 5.59. The van der Waals surface area contributed by atoms with Crippen molar-refractivity contribution in [2.24, 2.45) is 5.92 Å². The van der Waals surface area contributed by atoms with Gasteiger partial charge in [-0.2, -0.15) is 10.1 Å². The average Bonchev–Trinajstić information content (AvgIpc) is 2.66. The van der Waals surface area contributed by atoms with Gasteiger partial charge in [-0.15, -0.1) is 5.10 Å². The van der Waals surface area contributed by atoms with Gasteiger partial charge in [-0.3, -0.25) is 0 Å². The molecule has 7 heteroatoms. The first-order valence-corrected chi connectivity index (χ1v) is 8.74. The average molecular weight is 342 g/mol. The summed E-state index contributed by atoms with van der Waals surface area (Å²) in [5.41, 5.74) is 1.14. The molecule has 0 amide bonds. The van der Waals surface area contributed by atoms with E-state index in [1.165, 1.54) is 0 Å². The molecule has 1 saturated heterocycles. The predicted octanol–water partition coefficient (Wildman–Crippen LogP) is 2.27. The lowest BCUT2D eigenvalue weighted by Crippen LogP contribution is -2.47. The molecule has 2 aromatic rings. The normalized spacial score (nSPS) is 14.7. The number of aromatic nitrogens is 3. The SMILES string of the molecule is COc1ccccc1N1CCN(c2cnnc(NCC(C)C)n2)CC1. The second-order valence-electron chi connectivity index (χ2n) is 6.56. The molecule has 0 unspecified atom stereocenters. The largest absolute Gasteiger partial charge is 0.495 e. The lowest BCUT2D eigenvalue weighted by molar-refractivity contribution is 0.413. The summed E-state index contributed by atoms with van der Waals surface area (Å²) in [7, 11) is 1.72. The third-order valence-electron chi connectivity index (χ3n) is 4.24. The molecule has 1 aliphatic heterocycles. The number of nitrogens with one attached hydrogen (secondary N) is 1. The van der Waals surface area contributed by atoms with Gasteiger partial charge >= 0.3 is 0 Å². The Labute approximate surface area is 149 Å². The Balaban J connectivity index is 1.63. The summed E-state index contributed by atoms with van der Waals surface area (Å²) in [6.07, 6.45) is 1.74. The standard InChI is InChI=1S/C18H26N6O/c1-14(2)12-19-18-21-17(13-20-22-18)24-10-8-23(9-11-24)15-6-4-5-7-16(15)25-3/h4-7,13-14H,8-12H2,1-3H3,(H,19,21,22). The molecule has 1 aromatic carbocycles. The zero-order valence-corrected chi connectivity index (χ0v) is 15.1. The highest BCUT2D eigenvalue weighted by Gasteiger charge is 2.21. The van der Waals surface area contributed by atoms with Gasteiger partial charge in [0.2, 0.25) is 5.95 Å². The van der Waals surface area contributed by atoms with Crippen LogP contribution in [0.2, 0.25) is 0 Å². The fourth-order valence-electron chi connectivity index (χ4n) is 2.89. The molecule has 0 spiro atoms. The Morgan fingerprint density at radius 3 is 2.56 bits per heavy atom. The molecule has 2 heterocycles. The van der Waals surface area contributed by atoms with Crippen molar-refractivity contribution in [2.75, 3.05) is 55.0 Å². The van der Waals surface area contributed by atoms with Crippen molar-refractivity contribution >= 4 is 17.5 Å². The van der Waals surface area contributed by atoms with Crippen molar-refractivity contribution in [1.29, 1.82) is 0 Å². The fourth-order valence-corrected chi connectivity index (χ4v) is 2.89. The number of hydrogen-bond donors (Lipinski definition) is 1. The van der Waals surface area contributed by atoms with Gasteiger partial charge in [0, 0.05) is 32.7 Å². The van der Waals surface area contributed by atoms with Crippen LogP contribution in [0.15, 0.2) is 30.5 Å². The van der Waals surface area contributed by atoms with Crippen LogP contribution in [-0.2, 0) is 0 Å². The minimum atomic E-state index is 0.539. The van der Waals surface area contributed by atoms with E-state index in [4.69, 9.17) is 4.74 Å². The summed E-state index contributed by atoms with van der Waals surface area (Å²) >= 11 is 0. The van der Waals surface area contributed by atoms with Crippen LogP contribution < -0.4 is 19.9 Å². The van der Waals surface area contributed by atoms with Crippen molar-refractivity contribution in [2.45, 2.75) is 13.8 Å². The van der Waals surface area contributed by atoms with Crippen molar-refractivity contribution in [3.05, 3.63) is 30.5 Å². The summed E-state index contributed by atoms with van der Waals surface area (Å²) in [5.74, 6) is 2.93. The summed E-state index contributed by atoms with van der Waals surface area (Å²) in [4.78, 5) is 9.20. The Kier molecular flexibility index (Phi) is 5.53. The number of methoxy groups -OCH3 is 1. The van der Waals surface area contributed by atoms with E-state index in [0.717, 1.165) is 50.0 Å². The Bertz CT molecular complexity index is 685. The number of anilines is 3. The fraction of sp³-hybridized carbons (Fsp3) is 0.500. The van der Waals surface area contributed by atoms with E-state index in [0.29, 0.717) is 11.9 Å². The molecule has 0 radical (unpaired) electrons. The maximum Gasteiger partial charge on any atom is 0.244 e. The van der Waals surface area contributed by atoms with E-state index in [-0.39, 0.29) is 0 Å². The van der Waals surface area contributed by atoms with Crippen molar-refractivity contribution in [3.63, 3.8) is 0 Å². The van der Waals surface area contributed by atoms with Gasteiger partial charge in [0.15, 0.2) is 5.82 Å². The number of para-hydroxylation sites is 2. The smallest absolute Gasteiger partial charge is 0.244 e. The highest BCUT2D eigenvalue weighted by atomic mass is 16.5. The minimum absolute atomic E-state index is 0.539. The van der Waals surface area contributed by atoms with E-state index in [1.54, 1.807) is 13.3 Å². The third-order valence-corrected chi connectivity index (χ3v) is 4.24. The maximum atomic E-state index is 5.48. The molecule has 0 saturated carbocycles. The lowest BCUT2D eigenvalue weighted by atomic mass is 10.2. The molecule has 3 rings (SSSR count). The van der Waals surface area contributed by atoms with Crippen LogP contribution in [0.5, 0.6) is 5.75 Å². The molecular weight excluding hydrogens is 316 g/mol. The zero-order chi connectivity index (χ0) is 17.6. The number of benzene rings is 1. The molecule has 0 bridgehead atoms. The summed E-state index contributed by atoms with van der Waals surface area (Å²) in [6, 6.07) is 8.15. The topological polar surface area (TPSA) is 66.4 Å². The molecule has 25 heavy (non-hydrogen) atoms.